The largest absolute Gasteiger partial charge is 0.370 e. The van der Waals surface area contributed by atoms with Crippen molar-refractivity contribution in [1.82, 2.24) is 0 Å². The lowest BCUT2D eigenvalue weighted by molar-refractivity contribution is 0.0642. The van der Waals surface area contributed by atoms with Crippen LogP contribution in [0.1, 0.15) is 34.3 Å². The molecule has 1 heterocycles. The molecule has 1 aliphatic rings. The van der Waals surface area contributed by atoms with Crippen LogP contribution in [0.3, 0.4) is 0 Å². The monoisotopic (exact) mass is 204 g/mol. The molecular weight excluding hydrogens is 188 g/mol. The van der Waals surface area contributed by atoms with Gasteiger partial charge in [0.2, 0.25) is 0 Å². The van der Waals surface area contributed by atoms with E-state index in [0.717, 1.165) is 30.6 Å². The molecule has 2 rings (SSSR count). The molecular formula is C13H16O2. The van der Waals surface area contributed by atoms with Crippen molar-refractivity contribution in [2.45, 2.75) is 32.8 Å². The summed E-state index contributed by atoms with van der Waals surface area (Å²) in [4.78, 5) is 12.1. The Morgan fingerprint density at radius 3 is 2.87 bits per heavy atom. The molecule has 1 unspecified atom stereocenters. The minimum absolute atomic E-state index is 0.147. The highest BCUT2D eigenvalue weighted by Gasteiger charge is 2.25. The lowest BCUT2D eigenvalue weighted by Gasteiger charge is -2.11. The molecule has 80 valence electrons. The molecule has 0 saturated carbocycles. The van der Waals surface area contributed by atoms with Crippen molar-refractivity contribution in [1.29, 1.82) is 0 Å². The number of rotatable bonds is 2. The van der Waals surface area contributed by atoms with Gasteiger partial charge in [0.1, 0.15) is 6.10 Å². The number of benzene rings is 1. The molecule has 1 aromatic rings. The van der Waals surface area contributed by atoms with Crippen LogP contribution in [0, 0.1) is 13.8 Å². The van der Waals surface area contributed by atoms with Gasteiger partial charge in [-0.25, -0.2) is 0 Å². The minimum Gasteiger partial charge on any atom is -0.370 e. The lowest BCUT2D eigenvalue weighted by atomic mass is 9.96. The van der Waals surface area contributed by atoms with E-state index in [1.165, 1.54) is 5.56 Å². The van der Waals surface area contributed by atoms with Gasteiger partial charge in [-0.15, -0.1) is 0 Å². The maximum Gasteiger partial charge on any atom is 0.191 e. The zero-order valence-corrected chi connectivity index (χ0v) is 9.25. The standard InChI is InChI=1S/C13H16O2/c1-9-5-3-6-11(10(9)2)13(14)12-7-4-8-15-12/h3,5-6,12H,4,7-8H2,1-2H3. The van der Waals surface area contributed by atoms with Crippen LogP contribution in [0.5, 0.6) is 0 Å². The maximum atomic E-state index is 12.1. The first-order valence-corrected chi connectivity index (χ1v) is 5.42. The fraction of sp³-hybridized carbons (Fsp3) is 0.462. The summed E-state index contributed by atoms with van der Waals surface area (Å²) in [6, 6.07) is 5.86. The Kier molecular flexibility index (Phi) is 2.87. The van der Waals surface area contributed by atoms with Crippen LogP contribution >= 0.6 is 0 Å². The van der Waals surface area contributed by atoms with Crippen molar-refractivity contribution < 1.29 is 9.53 Å². The van der Waals surface area contributed by atoms with E-state index in [9.17, 15) is 4.79 Å². The van der Waals surface area contributed by atoms with Gasteiger partial charge < -0.3 is 4.74 Å². The Balaban J connectivity index is 2.28. The third-order valence-corrected chi connectivity index (χ3v) is 3.09. The zero-order valence-electron chi connectivity index (χ0n) is 9.25. The first-order chi connectivity index (χ1) is 7.20. The number of ether oxygens (including phenoxy) is 1. The van der Waals surface area contributed by atoms with Crippen LogP contribution in [-0.2, 0) is 4.74 Å². The molecule has 0 spiro atoms. The number of carbonyl (C=O) groups is 1. The second kappa shape index (κ2) is 4.15. The highest BCUT2D eigenvalue weighted by Crippen LogP contribution is 2.20. The van der Waals surface area contributed by atoms with E-state index < -0.39 is 0 Å². The Morgan fingerprint density at radius 2 is 2.20 bits per heavy atom. The summed E-state index contributed by atoms with van der Waals surface area (Å²) in [7, 11) is 0. The van der Waals surface area contributed by atoms with Crippen molar-refractivity contribution in [2.75, 3.05) is 6.61 Å². The number of ketones is 1. The molecule has 0 aromatic heterocycles. The van der Waals surface area contributed by atoms with Crippen molar-refractivity contribution in [3.63, 3.8) is 0 Å². The van der Waals surface area contributed by atoms with E-state index in [4.69, 9.17) is 4.74 Å². The molecule has 1 fully saturated rings. The summed E-state index contributed by atoms with van der Waals surface area (Å²) in [5.74, 6) is 0.147. The normalized spacial score (nSPS) is 20.5. The van der Waals surface area contributed by atoms with E-state index in [0.29, 0.717) is 0 Å². The first-order valence-electron chi connectivity index (χ1n) is 5.42. The van der Waals surface area contributed by atoms with E-state index in [2.05, 4.69) is 0 Å². The van der Waals surface area contributed by atoms with Gasteiger partial charge in [0.05, 0.1) is 0 Å². The van der Waals surface area contributed by atoms with Gasteiger partial charge in [0.15, 0.2) is 5.78 Å². The summed E-state index contributed by atoms with van der Waals surface area (Å²) < 4.78 is 5.41. The maximum absolute atomic E-state index is 12.1. The van der Waals surface area contributed by atoms with Crippen LogP contribution < -0.4 is 0 Å². The molecule has 1 aliphatic heterocycles. The van der Waals surface area contributed by atoms with E-state index in [-0.39, 0.29) is 11.9 Å². The van der Waals surface area contributed by atoms with Crippen LogP contribution in [0.15, 0.2) is 18.2 Å². The molecule has 2 heteroatoms. The van der Waals surface area contributed by atoms with Gasteiger partial charge in [0.25, 0.3) is 0 Å². The molecule has 0 bridgehead atoms. The Bertz CT molecular complexity index is 376. The second-order valence-corrected chi connectivity index (χ2v) is 4.11. The summed E-state index contributed by atoms with van der Waals surface area (Å²) in [6.45, 7) is 4.75. The van der Waals surface area contributed by atoms with E-state index >= 15 is 0 Å². The highest BCUT2D eigenvalue weighted by molar-refractivity contribution is 6.01. The molecule has 1 atom stereocenters. The van der Waals surface area contributed by atoms with Gasteiger partial charge in [-0.2, -0.15) is 0 Å². The SMILES string of the molecule is Cc1cccc(C(=O)C2CCCO2)c1C. The van der Waals surface area contributed by atoms with Crippen molar-refractivity contribution in [3.05, 3.63) is 34.9 Å². The third kappa shape index (κ3) is 1.95. The number of hydrogen-bond donors (Lipinski definition) is 0. The predicted octanol–water partition coefficient (Wildman–Crippen LogP) is 2.67. The summed E-state index contributed by atoms with van der Waals surface area (Å²) in [5, 5.41) is 0. The van der Waals surface area contributed by atoms with Crippen molar-refractivity contribution in [2.24, 2.45) is 0 Å². The molecule has 1 saturated heterocycles. The quantitative estimate of drug-likeness (QED) is 0.692. The zero-order chi connectivity index (χ0) is 10.8. The minimum atomic E-state index is -0.203. The molecule has 15 heavy (non-hydrogen) atoms. The van der Waals surface area contributed by atoms with Crippen LogP contribution in [0.2, 0.25) is 0 Å². The van der Waals surface area contributed by atoms with Crippen LogP contribution in [0.25, 0.3) is 0 Å². The molecule has 2 nitrogen and oxygen atoms in total. The van der Waals surface area contributed by atoms with Gasteiger partial charge in [-0.05, 0) is 37.8 Å². The van der Waals surface area contributed by atoms with Gasteiger partial charge >= 0.3 is 0 Å². The second-order valence-electron chi connectivity index (χ2n) is 4.11. The third-order valence-electron chi connectivity index (χ3n) is 3.09. The molecule has 0 aliphatic carbocycles. The Labute approximate surface area is 90.3 Å². The summed E-state index contributed by atoms with van der Waals surface area (Å²) in [5.41, 5.74) is 3.07. The van der Waals surface area contributed by atoms with Crippen molar-refractivity contribution in [3.8, 4) is 0 Å². The molecule has 0 N–H and O–H groups in total. The molecule has 0 radical (unpaired) electrons. The smallest absolute Gasteiger partial charge is 0.191 e. The van der Waals surface area contributed by atoms with Crippen molar-refractivity contribution >= 4 is 5.78 Å². The molecule has 0 amide bonds. The van der Waals surface area contributed by atoms with Gasteiger partial charge in [-0.3, -0.25) is 4.79 Å². The van der Waals surface area contributed by atoms with Crippen LogP contribution in [0.4, 0.5) is 0 Å². The van der Waals surface area contributed by atoms with E-state index in [1.807, 2.05) is 32.0 Å². The van der Waals surface area contributed by atoms with Crippen LogP contribution in [-0.4, -0.2) is 18.5 Å². The topological polar surface area (TPSA) is 26.3 Å². The summed E-state index contributed by atoms with van der Waals surface area (Å²) >= 11 is 0. The Hall–Kier alpha value is -1.15. The van der Waals surface area contributed by atoms with Gasteiger partial charge in [0, 0.05) is 12.2 Å². The van der Waals surface area contributed by atoms with E-state index in [1.54, 1.807) is 0 Å². The highest BCUT2D eigenvalue weighted by atomic mass is 16.5. The average molecular weight is 204 g/mol. The predicted molar refractivity (Wildman–Crippen MR) is 59.2 cm³/mol. The van der Waals surface area contributed by atoms with Gasteiger partial charge in [-0.1, -0.05) is 18.2 Å². The number of aryl methyl sites for hydroxylation is 1. The number of hydrogen-bond acceptors (Lipinski definition) is 2. The fourth-order valence-corrected chi connectivity index (χ4v) is 1.98. The summed E-state index contributed by atoms with van der Waals surface area (Å²) in [6.07, 6.45) is 1.67. The Morgan fingerprint density at radius 1 is 1.40 bits per heavy atom. The lowest BCUT2D eigenvalue weighted by Crippen LogP contribution is -2.20. The fourth-order valence-electron chi connectivity index (χ4n) is 1.98. The molecule has 1 aromatic carbocycles. The number of carbonyl (C=O) groups excluding carboxylic acids is 1. The average Bonchev–Trinajstić information content (AvgIpc) is 2.74. The first kappa shape index (κ1) is 10.4. The number of Topliss-reactive ketones (excluding diaryl/α,β-unsaturated/α-hetero) is 1.